The molecule has 1 N–H and O–H groups in total. The first-order chi connectivity index (χ1) is 14.1. The Morgan fingerprint density at radius 2 is 1.83 bits per heavy atom. The fraction of sp³-hybridized carbons (Fsp3) is 0.261. The fourth-order valence-corrected chi connectivity index (χ4v) is 4.51. The van der Waals surface area contributed by atoms with Crippen molar-refractivity contribution >= 4 is 22.7 Å². The SMILES string of the molecule is O=C(C1=C(O)C(=O)N(C2CCCC2)C1c1ccncc1)c1cc2ccccc2o1. The Morgan fingerprint density at radius 1 is 1.10 bits per heavy atom. The van der Waals surface area contributed by atoms with Crippen LogP contribution in [0.25, 0.3) is 11.0 Å². The molecule has 5 rings (SSSR count). The zero-order chi connectivity index (χ0) is 20.0. The minimum atomic E-state index is -0.644. The lowest BCUT2D eigenvalue weighted by atomic mass is 9.95. The van der Waals surface area contributed by atoms with E-state index in [0.717, 1.165) is 36.6 Å². The van der Waals surface area contributed by atoms with Gasteiger partial charge in [-0.15, -0.1) is 0 Å². The number of pyridine rings is 1. The molecule has 1 amide bonds. The van der Waals surface area contributed by atoms with Crippen molar-refractivity contribution in [1.82, 2.24) is 9.88 Å². The molecule has 1 unspecified atom stereocenters. The van der Waals surface area contributed by atoms with E-state index in [1.807, 2.05) is 18.2 Å². The molecule has 3 aromatic rings. The van der Waals surface area contributed by atoms with Crippen molar-refractivity contribution in [3.05, 3.63) is 77.5 Å². The number of amides is 1. The summed E-state index contributed by atoms with van der Waals surface area (Å²) in [5.41, 5.74) is 1.42. The van der Waals surface area contributed by atoms with E-state index >= 15 is 0 Å². The van der Waals surface area contributed by atoms with Crippen LogP contribution in [0, 0.1) is 0 Å². The molecular formula is C23H20N2O4. The number of furan rings is 1. The molecular weight excluding hydrogens is 368 g/mol. The van der Waals surface area contributed by atoms with Crippen LogP contribution in [-0.2, 0) is 4.79 Å². The van der Waals surface area contributed by atoms with Crippen LogP contribution < -0.4 is 0 Å². The molecule has 0 radical (unpaired) electrons. The molecule has 0 bridgehead atoms. The van der Waals surface area contributed by atoms with Gasteiger partial charge in [0.2, 0.25) is 5.78 Å². The highest BCUT2D eigenvalue weighted by atomic mass is 16.3. The van der Waals surface area contributed by atoms with E-state index in [2.05, 4.69) is 4.98 Å². The van der Waals surface area contributed by atoms with Crippen molar-refractivity contribution in [3.8, 4) is 0 Å². The Hall–Kier alpha value is -3.41. The minimum absolute atomic E-state index is 0.00351. The second kappa shape index (κ2) is 6.88. The number of aromatic nitrogens is 1. The molecule has 2 aromatic heterocycles. The van der Waals surface area contributed by atoms with Gasteiger partial charge in [-0.3, -0.25) is 14.6 Å². The van der Waals surface area contributed by atoms with Gasteiger partial charge in [-0.1, -0.05) is 31.0 Å². The van der Waals surface area contributed by atoms with Crippen LogP contribution in [0.1, 0.15) is 47.8 Å². The summed E-state index contributed by atoms with van der Waals surface area (Å²) in [6.07, 6.45) is 7.06. The molecule has 3 heterocycles. The molecule has 1 fully saturated rings. The number of rotatable bonds is 4. The first-order valence-electron chi connectivity index (χ1n) is 9.84. The Labute approximate surface area is 167 Å². The summed E-state index contributed by atoms with van der Waals surface area (Å²) in [6, 6.07) is 11.9. The number of aliphatic hydroxyl groups is 1. The fourth-order valence-electron chi connectivity index (χ4n) is 4.51. The van der Waals surface area contributed by atoms with E-state index in [0.29, 0.717) is 5.58 Å². The van der Waals surface area contributed by atoms with Crippen LogP contribution in [-0.4, -0.2) is 32.7 Å². The van der Waals surface area contributed by atoms with Crippen molar-refractivity contribution in [2.75, 3.05) is 0 Å². The number of nitrogens with zero attached hydrogens (tertiary/aromatic N) is 2. The summed E-state index contributed by atoms with van der Waals surface area (Å²) in [6.45, 7) is 0. The average Bonchev–Trinajstić information content (AvgIpc) is 3.47. The van der Waals surface area contributed by atoms with Gasteiger partial charge in [0.1, 0.15) is 5.58 Å². The van der Waals surface area contributed by atoms with Gasteiger partial charge < -0.3 is 14.4 Å². The molecule has 0 spiro atoms. The topological polar surface area (TPSA) is 83.6 Å². The van der Waals surface area contributed by atoms with Gasteiger partial charge in [0, 0.05) is 23.8 Å². The standard InChI is InChI=1S/C23H20N2O4/c26-21(18-13-15-5-1-4-8-17(15)29-18)19-20(14-9-11-24-12-10-14)25(23(28)22(19)27)16-6-2-3-7-16/h1,4-5,8-13,16,20,27H,2-3,6-7H2. The molecule has 146 valence electrons. The van der Waals surface area contributed by atoms with Gasteiger partial charge in [0.15, 0.2) is 11.5 Å². The predicted molar refractivity (Wildman–Crippen MR) is 106 cm³/mol. The highest BCUT2D eigenvalue weighted by molar-refractivity contribution is 6.16. The molecule has 0 saturated heterocycles. The average molecular weight is 388 g/mol. The van der Waals surface area contributed by atoms with Crippen molar-refractivity contribution in [3.63, 3.8) is 0 Å². The number of carbonyl (C=O) groups is 2. The maximum Gasteiger partial charge on any atom is 0.290 e. The molecule has 1 atom stereocenters. The van der Waals surface area contributed by atoms with E-state index in [-0.39, 0.29) is 17.4 Å². The summed E-state index contributed by atoms with van der Waals surface area (Å²) in [5.74, 6) is -1.32. The normalized spacial score (nSPS) is 20.2. The highest BCUT2D eigenvalue weighted by Gasteiger charge is 2.47. The highest BCUT2D eigenvalue weighted by Crippen LogP contribution is 2.43. The number of carbonyl (C=O) groups excluding carboxylic acids is 2. The summed E-state index contributed by atoms with van der Waals surface area (Å²) < 4.78 is 5.73. The maximum atomic E-state index is 13.4. The van der Waals surface area contributed by atoms with Gasteiger partial charge in [0.05, 0.1) is 11.6 Å². The molecule has 2 aliphatic rings. The van der Waals surface area contributed by atoms with E-state index in [4.69, 9.17) is 4.42 Å². The van der Waals surface area contributed by atoms with Gasteiger partial charge in [-0.05, 0) is 42.7 Å². The number of hydrogen-bond acceptors (Lipinski definition) is 5. The van der Waals surface area contributed by atoms with Crippen LogP contribution in [0.4, 0.5) is 0 Å². The second-order valence-electron chi connectivity index (χ2n) is 7.57. The summed E-state index contributed by atoms with van der Waals surface area (Å²) in [4.78, 5) is 32.1. The second-order valence-corrected chi connectivity index (χ2v) is 7.57. The lowest BCUT2D eigenvalue weighted by Crippen LogP contribution is -2.38. The molecule has 1 aliphatic carbocycles. The molecule has 1 aromatic carbocycles. The number of benzene rings is 1. The van der Waals surface area contributed by atoms with E-state index in [1.165, 1.54) is 0 Å². The molecule has 1 saturated carbocycles. The first kappa shape index (κ1) is 17.7. The van der Waals surface area contributed by atoms with Crippen LogP contribution in [0.2, 0.25) is 0 Å². The van der Waals surface area contributed by atoms with Crippen LogP contribution in [0.5, 0.6) is 0 Å². The van der Waals surface area contributed by atoms with Crippen molar-refractivity contribution in [2.24, 2.45) is 0 Å². The third-order valence-electron chi connectivity index (χ3n) is 5.88. The Bertz CT molecular complexity index is 1090. The lowest BCUT2D eigenvalue weighted by molar-refractivity contribution is -0.131. The zero-order valence-corrected chi connectivity index (χ0v) is 15.7. The quantitative estimate of drug-likeness (QED) is 0.672. The van der Waals surface area contributed by atoms with E-state index < -0.39 is 23.5 Å². The molecule has 6 nitrogen and oxygen atoms in total. The Balaban J connectivity index is 1.62. The summed E-state index contributed by atoms with van der Waals surface area (Å²) in [7, 11) is 0. The number of ketones is 1. The summed E-state index contributed by atoms with van der Waals surface area (Å²) in [5, 5.41) is 11.5. The molecule has 1 aliphatic heterocycles. The third kappa shape index (κ3) is 2.83. The largest absolute Gasteiger partial charge is 0.503 e. The monoisotopic (exact) mass is 388 g/mol. The zero-order valence-electron chi connectivity index (χ0n) is 15.7. The van der Waals surface area contributed by atoms with Gasteiger partial charge in [-0.2, -0.15) is 0 Å². The number of para-hydroxylation sites is 1. The van der Waals surface area contributed by atoms with Crippen LogP contribution in [0.3, 0.4) is 0 Å². The smallest absolute Gasteiger partial charge is 0.290 e. The minimum Gasteiger partial charge on any atom is -0.503 e. The van der Waals surface area contributed by atoms with Gasteiger partial charge >= 0.3 is 0 Å². The van der Waals surface area contributed by atoms with Crippen molar-refractivity contribution in [1.29, 1.82) is 0 Å². The van der Waals surface area contributed by atoms with Crippen molar-refractivity contribution in [2.45, 2.75) is 37.8 Å². The number of Topliss-reactive ketones (excluding diaryl/α,β-unsaturated/α-hetero) is 1. The van der Waals surface area contributed by atoms with E-state index in [1.54, 1.807) is 41.6 Å². The Kier molecular flexibility index (Phi) is 4.19. The predicted octanol–water partition coefficient (Wildman–Crippen LogP) is 4.35. The summed E-state index contributed by atoms with van der Waals surface area (Å²) >= 11 is 0. The number of fused-ring (bicyclic) bond motifs is 1. The first-order valence-corrected chi connectivity index (χ1v) is 9.84. The maximum absolute atomic E-state index is 13.4. The molecule has 6 heteroatoms. The van der Waals surface area contributed by atoms with Crippen molar-refractivity contribution < 1.29 is 19.1 Å². The van der Waals surface area contributed by atoms with Gasteiger partial charge in [0.25, 0.3) is 5.91 Å². The van der Waals surface area contributed by atoms with Crippen LogP contribution in [0.15, 0.2) is 70.6 Å². The third-order valence-corrected chi connectivity index (χ3v) is 5.88. The lowest BCUT2D eigenvalue weighted by Gasteiger charge is -2.31. The van der Waals surface area contributed by atoms with Gasteiger partial charge in [-0.25, -0.2) is 0 Å². The Morgan fingerprint density at radius 3 is 2.55 bits per heavy atom. The van der Waals surface area contributed by atoms with E-state index in [9.17, 15) is 14.7 Å². The number of aliphatic hydroxyl groups excluding tert-OH is 1. The van der Waals surface area contributed by atoms with Crippen LogP contribution >= 0.6 is 0 Å². The number of hydrogen-bond donors (Lipinski definition) is 1. The molecule has 29 heavy (non-hydrogen) atoms.